The average Bonchev–Trinajstić information content (AvgIpc) is 2.24. The summed E-state index contributed by atoms with van der Waals surface area (Å²) in [6, 6.07) is 4.01. The number of hydrogen-bond acceptors (Lipinski definition) is 2. The predicted molar refractivity (Wildman–Crippen MR) is 65.0 cm³/mol. The zero-order valence-corrected chi connectivity index (χ0v) is 10.6. The van der Waals surface area contributed by atoms with Crippen LogP contribution in [0.2, 0.25) is 0 Å². The molecule has 1 rings (SSSR count). The summed E-state index contributed by atoms with van der Waals surface area (Å²) in [5.41, 5.74) is 0.442. The summed E-state index contributed by atoms with van der Waals surface area (Å²) >= 11 is 3.15. The standard InChI is InChI=1S/C11H14BrFN2O/c1-2-14-5-6-15-11(16)9-4-3-8(13)7-10(9)12/h3-4,7,14H,2,5-6H2,1H3,(H,15,16). The fourth-order valence-electron chi connectivity index (χ4n) is 1.21. The Labute approximate surface area is 103 Å². The summed E-state index contributed by atoms with van der Waals surface area (Å²) in [5, 5.41) is 5.83. The van der Waals surface area contributed by atoms with Gasteiger partial charge in [-0.15, -0.1) is 0 Å². The van der Waals surface area contributed by atoms with E-state index in [-0.39, 0.29) is 11.7 Å². The van der Waals surface area contributed by atoms with Gasteiger partial charge >= 0.3 is 0 Å². The van der Waals surface area contributed by atoms with Gasteiger partial charge in [-0.3, -0.25) is 4.79 Å². The lowest BCUT2D eigenvalue weighted by atomic mass is 10.2. The molecule has 0 radical (unpaired) electrons. The summed E-state index contributed by atoms with van der Waals surface area (Å²) in [6.07, 6.45) is 0. The van der Waals surface area contributed by atoms with Crippen LogP contribution in [-0.4, -0.2) is 25.5 Å². The van der Waals surface area contributed by atoms with E-state index in [1.54, 1.807) is 0 Å². The first-order valence-electron chi connectivity index (χ1n) is 5.09. The molecule has 0 aromatic heterocycles. The molecule has 0 aliphatic rings. The first-order valence-corrected chi connectivity index (χ1v) is 5.88. The van der Waals surface area contributed by atoms with Crippen LogP contribution >= 0.6 is 15.9 Å². The minimum Gasteiger partial charge on any atom is -0.351 e. The van der Waals surface area contributed by atoms with E-state index in [2.05, 4.69) is 26.6 Å². The van der Waals surface area contributed by atoms with Crippen LogP contribution in [0.25, 0.3) is 0 Å². The maximum absolute atomic E-state index is 12.8. The molecule has 0 aliphatic carbocycles. The van der Waals surface area contributed by atoms with Gasteiger partial charge in [-0.05, 0) is 40.7 Å². The van der Waals surface area contributed by atoms with Crippen molar-refractivity contribution in [3.05, 3.63) is 34.1 Å². The third-order valence-electron chi connectivity index (χ3n) is 2.01. The van der Waals surface area contributed by atoms with Gasteiger partial charge in [0.1, 0.15) is 5.82 Å². The molecule has 0 saturated heterocycles. The molecule has 0 bridgehead atoms. The summed E-state index contributed by atoms with van der Waals surface area (Å²) in [4.78, 5) is 11.6. The molecule has 5 heteroatoms. The van der Waals surface area contributed by atoms with Crippen LogP contribution in [0.1, 0.15) is 17.3 Å². The topological polar surface area (TPSA) is 41.1 Å². The minimum absolute atomic E-state index is 0.204. The highest BCUT2D eigenvalue weighted by atomic mass is 79.9. The van der Waals surface area contributed by atoms with Gasteiger partial charge < -0.3 is 10.6 Å². The third kappa shape index (κ3) is 3.90. The van der Waals surface area contributed by atoms with Crippen molar-refractivity contribution in [3.63, 3.8) is 0 Å². The van der Waals surface area contributed by atoms with Gasteiger partial charge in [-0.1, -0.05) is 6.92 Å². The number of amides is 1. The Bertz CT molecular complexity index is 371. The van der Waals surface area contributed by atoms with Crippen molar-refractivity contribution in [2.24, 2.45) is 0 Å². The van der Waals surface area contributed by atoms with Gasteiger partial charge in [0.05, 0.1) is 5.56 Å². The number of nitrogens with one attached hydrogen (secondary N) is 2. The average molecular weight is 289 g/mol. The Kier molecular flexibility index (Phi) is 5.42. The molecule has 1 aromatic rings. The Hall–Kier alpha value is -0.940. The molecule has 0 heterocycles. The Balaban J connectivity index is 2.53. The van der Waals surface area contributed by atoms with Crippen LogP contribution in [0.5, 0.6) is 0 Å². The SMILES string of the molecule is CCNCCNC(=O)c1ccc(F)cc1Br. The van der Waals surface area contributed by atoms with E-state index < -0.39 is 0 Å². The molecular weight excluding hydrogens is 275 g/mol. The highest BCUT2D eigenvalue weighted by molar-refractivity contribution is 9.10. The second-order valence-electron chi connectivity index (χ2n) is 3.23. The Morgan fingerprint density at radius 3 is 2.81 bits per heavy atom. The molecule has 0 unspecified atom stereocenters. The Morgan fingerprint density at radius 2 is 2.19 bits per heavy atom. The molecular formula is C11H14BrFN2O. The molecule has 0 spiro atoms. The fraction of sp³-hybridized carbons (Fsp3) is 0.364. The maximum atomic E-state index is 12.8. The maximum Gasteiger partial charge on any atom is 0.252 e. The molecule has 0 saturated carbocycles. The van der Waals surface area contributed by atoms with E-state index in [1.165, 1.54) is 18.2 Å². The van der Waals surface area contributed by atoms with E-state index in [9.17, 15) is 9.18 Å². The first kappa shape index (κ1) is 13.1. The van der Waals surface area contributed by atoms with Crippen LogP contribution in [-0.2, 0) is 0 Å². The monoisotopic (exact) mass is 288 g/mol. The van der Waals surface area contributed by atoms with E-state index in [1.807, 2.05) is 6.92 Å². The van der Waals surface area contributed by atoms with Crippen molar-refractivity contribution < 1.29 is 9.18 Å². The molecule has 16 heavy (non-hydrogen) atoms. The zero-order chi connectivity index (χ0) is 12.0. The summed E-state index contributed by atoms with van der Waals surface area (Å²) in [5.74, 6) is -0.569. The van der Waals surface area contributed by atoms with E-state index >= 15 is 0 Å². The van der Waals surface area contributed by atoms with Crippen molar-refractivity contribution >= 4 is 21.8 Å². The van der Waals surface area contributed by atoms with Crippen LogP contribution in [0.3, 0.4) is 0 Å². The third-order valence-corrected chi connectivity index (χ3v) is 2.67. The normalized spacial score (nSPS) is 10.2. The molecule has 0 aliphatic heterocycles. The van der Waals surface area contributed by atoms with Gasteiger partial charge in [-0.2, -0.15) is 0 Å². The number of halogens is 2. The van der Waals surface area contributed by atoms with Crippen molar-refractivity contribution in [2.45, 2.75) is 6.92 Å². The van der Waals surface area contributed by atoms with E-state index in [0.717, 1.165) is 13.1 Å². The highest BCUT2D eigenvalue weighted by Crippen LogP contribution is 2.17. The molecule has 3 nitrogen and oxygen atoms in total. The van der Waals surface area contributed by atoms with Crippen molar-refractivity contribution in [3.8, 4) is 0 Å². The second kappa shape index (κ2) is 6.60. The van der Waals surface area contributed by atoms with Crippen LogP contribution in [0.15, 0.2) is 22.7 Å². The van der Waals surface area contributed by atoms with Crippen LogP contribution < -0.4 is 10.6 Å². The molecule has 88 valence electrons. The fourth-order valence-corrected chi connectivity index (χ4v) is 1.74. The van der Waals surface area contributed by atoms with E-state index in [4.69, 9.17) is 0 Å². The summed E-state index contributed by atoms with van der Waals surface area (Å²) in [6.45, 7) is 4.14. The van der Waals surface area contributed by atoms with Gasteiger partial charge in [-0.25, -0.2) is 4.39 Å². The van der Waals surface area contributed by atoms with Gasteiger partial charge in [0.2, 0.25) is 0 Å². The lowest BCUT2D eigenvalue weighted by Crippen LogP contribution is -2.31. The molecule has 1 aromatic carbocycles. The largest absolute Gasteiger partial charge is 0.351 e. The number of benzene rings is 1. The van der Waals surface area contributed by atoms with Crippen LogP contribution in [0.4, 0.5) is 4.39 Å². The van der Waals surface area contributed by atoms with Crippen molar-refractivity contribution in [1.29, 1.82) is 0 Å². The number of likely N-dealkylation sites (N-methyl/N-ethyl adjacent to an activating group) is 1. The zero-order valence-electron chi connectivity index (χ0n) is 9.02. The number of carbonyl (C=O) groups is 1. The molecule has 1 amide bonds. The van der Waals surface area contributed by atoms with Crippen molar-refractivity contribution in [1.82, 2.24) is 10.6 Å². The van der Waals surface area contributed by atoms with Gasteiger partial charge in [0.15, 0.2) is 0 Å². The second-order valence-corrected chi connectivity index (χ2v) is 4.09. The first-order chi connectivity index (χ1) is 7.65. The highest BCUT2D eigenvalue weighted by Gasteiger charge is 2.09. The predicted octanol–water partition coefficient (Wildman–Crippen LogP) is 1.93. The van der Waals surface area contributed by atoms with Gasteiger partial charge in [0, 0.05) is 17.6 Å². The molecule has 0 atom stereocenters. The van der Waals surface area contributed by atoms with E-state index in [0.29, 0.717) is 16.6 Å². The number of rotatable bonds is 5. The smallest absolute Gasteiger partial charge is 0.252 e. The Morgan fingerprint density at radius 1 is 1.44 bits per heavy atom. The van der Waals surface area contributed by atoms with Gasteiger partial charge in [0.25, 0.3) is 5.91 Å². The number of carbonyl (C=O) groups excluding carboxylic acids is 1. The quantitative estimate of drug-likeness (QED) is 0.813. The summed E-state index contributed by atoms with van der Waals surface area (Å²) < 4.78 is 13.3. The lowest BCUT2D eigenvalue weighted by Gasteiger charge is -2.07. The lowest BCUT2D eigenvalue weighted by molar-refractivity contribution is 0.0953. The van der Waals surface area contributed by atoms with Crippen LogP contribution in [0, 0.1) is 5.82 Å². The molecule has 0 fully saturated rings. The van der Waals surface area contributed by atoms with Crippen molar-refractivity contribution in [2.75, 3.05) is 19.6 Å². The summed E-state index contributed by atoms with van der Waals surface area (Å²) in [7, 11) is 0. The number of hydrogen-bond donors (Lipinski definition) is 2. The minimum atomic E-state index is -0.365. The molecule has 2 N–H and O–H groups in total.